The number of nitrogens with one attached hydrogen (secondary N) is 1. The van der Waals surface area contributed by atoms with E-state index in [-0.39, 0.29) is 21.9 Å². The average molecular weight is 325 g/mol. The molecule has 21 heavy (non-hydrogen) atoms. The summed E-state index contributed by atoms with van der Waals surface area (Å²) >= 11 is 11.7. The molecule has 0 bridgehead atoms. The lowest BCUT2D eigenvalue weighted by Gasteiger charge is -2.12. The topological polar surface area (TPSA) is 80.9 Å². The Labute approximate surface area is 132 Å². The predicted molar refractivity (Wildman–Crippen MR) is 83.4 cm³/mol. The fourth-order valence-corrected chi connectivity index (χ4v) is 2.02. The van der Waals surface area contributed by atoms with Crippen molar-refractivity contribution >= 4 is 34.9 Å². The molecule has 7 heteroatoms. The first kappa shape index (κ1) is 15.7. The van der Waals surface area contributed by atoms with E-state index >= 15 is 0 Å². The first-order valence-electron chi connectivity index (χ1n) is 6.34. The van der Waals surface area contributed by atoms with Gasteiger partial charge < -0.3 is 11.1 Å². The van der Waals surface area contributed by atoms with Gasteiger partial charge in [-0.2, -0.15) is 0 Å². The van der Waals surface area contributed by atoms with Gasteiger partial charge in [-0.25, -0.2) is 9.97 Å². The van der Waals surface area contributed by atoms with Crippen LogP contribution in [-0.2, 0) is 11.2 Å². The first-order chi connectivity index (χ1) is 10.1. The quantitative estimate of drug-likeness (QED) is 0.828. The Morgan fingerprint density at radius 3 is 2.67 bits per heavy atom. The summed E-state index contributed by atoms with van der Waals surface area (Å²) in [6.07, 6.45) is 2.46. The van der Waals surface area contributed by atoms with Crippen molar-refractivity contribution in [2.24, 2.45) is 5.73 Å². The van der Waals surface area contributed by atoms with E-state index in [0.29, 0.717) is 12.8 Å². The monoisotopic (exact) mass is 324 g/mol. The summed E-state index contributed by atoms with van der Waals surface area (Å²) in [6, 6.07) is 9.16. The lowest BCUT2D eigenvalue weighted by molar-refractivity contribution is -0.117. The van der Waals surface area contributed by atoms with Crippen LogP contribution in [0, 0.1) is 0 Å². The molecule has 1 aromatic carbocycles. The van der Waals surface area contributed by atoms with Crippen LogP contribution < -0.4 is 11.1 Å². The van der Waals surface area contributed by atoms with Gasteiger partial charge in [0.2, 0.25) is 5.91 Å². The van der Waals surface area contributed by atoms with Crippen LogP contribution in [0.4, 0.5) is 5.82 Å². The summed E-state index contributed by atoms with van der Waals surface area (Å²) in [5.74, 6) is -0.195. The molecule has 0 fully saturated rings. The summed E-state index contributed by atoms with van der Waals surface area (Å²) in [4.78, 5) is 19.6. The number of benzene rings is 1. The van der Waals surface area contributed by atoms with Gasteiger partial charge in [-0.3, -0.25) is 4.79 Å². The summed E-state index contributed by atoms with van der Waals surface area (Å²) in [5, 5.41) is 2.74. The second-order valence-electron chi connectivity index (χ2n) is 4.45. The highest BCUT2D eigenvalue weighted by Gasteiger charge is 2.16. The Morgan fingerprint density at radius 1 is 1.24 bits per heavy atom. The third-order valence-corrected chi connectivity index (χ3v) is 3.65. The maximum absolute atomic E-state index is 12.0. The van der Waals surface area contributed by atoms with Gasteiger partial charge in [-0.1, -0.05) is 53.5 Å². The highest BCUT2D eigenvalue weighted by Crippen LogP contribution is 2.25. The van der Waals surface area contributed by atoms with Crippen molar-refractivity contribution in [2.45, 2.75) is 18.9 Å². The van der Waals surface area contributed by atoms with Crippen LogP contribution in [0.1, 0.15) is 12.0 Å². The number of aryl methyl sites for hydroxylation is 1. The first-order valence-corrected chi connectivity index (χ1v) is 7.10. The largest absolute Gasteiger partial charge is 0.320 e. The van der Waals surface area contributed by atoms with Crippen LogP contribution in [0.25, 0.3) is 0 Å². The smallest absolute Gasteiger partial charge is 0.242 e. The van der Waals surface area contributed by atoms with E-state index in [2.05, 4.69) is 15.3 Å². The Bertz CT molecular complexity index is 622. The van der Waals surface area contributed by atoms with Gasteiger partial charge in [0.1, 0.15) is 11.3 Å². The normalized spacial score (nSPS) is 12.0. The molecule has 0 spiro atoms. The maximum atomic E-state index is 12.0. The molecule has 1 aromatic heterocycles. The number of rotatable bonds is 5. The molecule has 0 aliphatic heterocycles. The van der Waals surface area contributed by atoms with Crippen LogP contribution in [-0.4, -0.2) is 21.9 Å². The zero-order valence-electron chi connectivity index (χ0n) is 11.1. The van der Waals surface area contributed by atoms with E-state index in [1.54, 1.807) is 0 Å². The van der Waals surface area contributed by atoms with Crippen molar-refractivity contribution in [3.63, 3.8) is 0 Å². The molecule has 0 aliphatic rings. The molecule has 1 atom stereocenters. The molecule has 1 amide bonds. The van der Waals surface area contributed by atoms with E-state index < -0.39 is 6.04 Å². The van der Waals surface area contributed by atoms with Gasteiger partial charge in [-0.05, 0) is 18.4 Å². The number of hydrogen-bond donors (Lipinski definition) is 2. The number of carbonyl (C=O) groups excluding carboxylic acids is 1. The number of carbonyl (C=O) groups is 1. The summed E-state index contributed by atoms with van der Waals surface area (Å²) < 4.78 is 0. The third kappa shape index (κ3) is 4.39. The van der Waals surface area contributed by atoms with Gasteiger partial charge in [0, 0.05) is 0 Å². The van der Waals surface area contributed by atoms with Crippen molar-refractivity contribution in [3.05, 3.63) is 52.4 Å². The van der Waals surface area contributed by atoms with Crippen molar-refractivity contribution in [3.8, 4) is 0 Å². The average Bonchev–Trinajstić information content (AvgIpc) is 2.50. The maximum Gasteiger partial charge on any atom is 0.242 e. The SMILES string of the molecule is NC(CCc1ccccc1)C(=O)Nc1ncnc(Cl)c1Cl. The van der Waals surface area contributed by atoms with E-state index in [0.717, 1.165) is 5.56 Å². The molecular weight excluding hydrogens is 311 g/mol. The number of nitrogens with zero attached hydrogens (tertiary/aromatic N) is 2. The van der Waals surface area contributed by atoms with Gasteiger partial charge >= 0.3 is 0 Å². The molecular formula is C14H14Cl2N4O. The molecule has 2 aromatic rings. The van der Waals surface area contributed by atoms with Crippen LogP contribution in [0.3, 0.4) is 0 Å². The molecule has 3 N–H and O–H groups in total. The Kier molecular flexibility index (Phi) is 5.50. The third-order valence-electron chi connectivity index (χ3n) is 2.91. The van der Waals surface area contributed by atoms with Crippen LogP contribution in [0.2, 0.25) is 10.2 Å². The molecule has 0 aliphatic carbocycles. The van der Waals surface area contributed by atoms with Crippen LogP contribution >= 0.6 is 23.2 Å². The van der Waals surface area contributed by atoms with E-state index in [9.17, 15) is 4.79 Å². The number of nitrogens with two attached hydrogens (primary N) is 1. The van der Waals surface area contributed by atoms with Crippen LogP contribution in [0.5, 0.6) is 0 Å². The molecule has 0 radical (unpaired) electrons. The molecule has 1 heterocycles. The Morgan fingerprint density at radius 2 is 1.95 bits per heavy atom. The Balaban J connectivity index is 1.92. The Hall–Kier alpha value is -1.69. The van der Waals surface area contributed by atoms with Crippen LogP contribution in [0.15, 0.2) is 36.7 Å². The minimum absolute atomic E-state index is 0.0832. The number of aromatic nitrogens is 2. The lowest BCUT2D eigenvalue weighted by Crippen LogP contribution is -2.36. The van der Waals surface area contributed by atoms with Gasteiger partial charge in [0.25, 0.3) is 0 Å². The number of amides is 1. The fraction of sp³-hybridized carbons (Fsp3) is 0.214. The summed E-state index contributed by atoms with van der Waals surface area (Å²) in [5.41, 5.74) is 7.00. The second-order valence-corrected chi connectivity index (χ2v) is 5.18. The molecule has 0 saturated carbocycles. The second kappa shape index (κ2) is 7.36. The van der Waals surface area contributed by atoms with Gasteiger partial charge in [-0.15, -0.1) is 0 Å². The zero-order chi connectivity index (χ0) is 15.2. The van der Waals surface area contributed by atoms with Crippen molar-refractivity contribution in [1.82, 2.24) is 9.97 Å². The minimum Gasteiger partial charge on any atom is -0.320 e. The molecule has 110 valence electrons. The fourth-order valence-electron chi connectivity index (χ4n) is 1.74. The van der Waals surface area contributed by atoms with E-state index in [1.165, 1.54) is 6.33 Å². The zero-order valence-corrected chi connectivity index (χ0v) is 12.6. The van der Waals surface area contributed by atoms with Crippen molar-refractivity contribution in [2.75, 3.05) is 5.32 Å². The number of halogens is 2. The standard InChI is InChI=1S/C14H14Cl2N4O/c15-11-12(16)18-8-19-13(11)20-14(21)10(17)7-6-9-4-2-1-3-5-9/h1-5,8,10H,6-7,17H2,(H,18,19,20,21). The molecule has 1 unspecified atom stereocenters. The molecule has 5 nitrogen and oxygen atoms in total. The van der Waals surface area contributed by atoms with E-state index in [4.69, 9.17) is 28.9 Å². The minimum atomic E-state index is -0.657. The highest BCUT2D eigenvalue weighted by molar-refractivity contribution is 6.42. The van der Waals surface area contributed by atoms with Gasteiger partial charge in [0.05, 0.1) is 6.04 Å². The highest BCUT2D eigenvalue weighted by atomic mass is 35.5. The van der Waals surface area contributed by atoms with Crippen molar-refractivity contribution < 1.29 is 4.79 Å². The molecule has 2 rings (SSSR count). The number of hydrogen-bond acceptors (Lipinski definition) is 4. The van der Waals surface area contributed by atoms with Crippen molar-refractivity contribution in [1.29, 1.82) is 0 Å². The lowest BCUT2D eigenvalue weighted by atomic mass is 10.1. The van der Waals surface area contributed by atoms with Gasteiger partial charge in [0.15, 0.2) is 11.0 Å². The summed E-state index contributed by atoms with van der Waals surface area (Å²) in [7, 11) is 0. The summed E-state index contributed by atoms with van der Waals surface area (Å²) in [6.45, 7) is 0. The van der Waals surface area contributed by atoms with E-state index in [1.807, 2.05) is 30.3 Å². The molecule has 0 saturated heterocycles. The predicted octanol–water partition coefficient (Wildman–Crippen LogP) is 2.68. The number of anilines is 1.